The van der Waals surface area contributed by atoms with Crippen molar-refractivity contribution in [3.8, 4) is 0 Å². The molecule has 0 heterocycles. The van der Waals surface area contributed by atoms with E-state index in [0.717, 1.165) is 0 Å². The summed E-state index contributed by atoms with van der Waals surface area (Å²) in [6.45, 7) is 3.58. The van der Waals surface area contributed by atoms with Gasteiger partial charge in [-0.3, -0.25) is 0 Å². The maximum absolute atomic E-state index is 12.2. The van der Waals surface area contributed by atoms with Crippen LogP contribution in [0.5, 0.6) is 0 Å². The Bertz CT molecular complexity index is 631. The summed E-state index contributed by atoms with van der Waals surface area (Å²) in [7, 11) is 0. The number of ether oxygens (including phenoxy) is 1. The number of hydrogen-bond acceptors (Lipinski definition) is 4. The van der Waals surface area contributed by atoms with Crippen molar-refractivity contribution in [1.29, 1.82) is 0 Å². The van der Waals surface area contributed by atoms with E-state index in [9.17, 15) is 14.7 Å². The highest BCUT2D eigenvalue weighted by Gasteiger charge is 2.13. The number of hydrogen-bond donors (Lipinski definition) is 2. The van der Waals surface area contributed by atoms with E-state index in [0.29, 0.717) is 19.3 Å². The molecule has 1 rings (SSSR count). The minimum Gasteiger partial charge on any atom is -0.478 e. The molecule has 0 radical (unpaired) electrons. The van der Waals surface area contributed by atoms with E-state index in [4.69, 9.17) is 15.3 Å². The summed E-state index contributed by atoms with van der Waals surface area (Å²) in [5.41, 5.74) is -1.36. The van der Waals surface area contributed by atoms with Crippen molar-refractivity contribution >= 4 is 11.9 Å². The van der Waals surface area contributed by atoms with Gasteiger partial charge in [-0.25, -0.2) is 9.59 Å². The highest BCUT2D eigenvalue weighted by Crippen LogP contribution is 2.14. The molecule has 2 unspecified atom stereocenters. The van der Waals surface area contributed by atoms with Crippen LogP contribution in [0.25, 0.3) is 0 Å². The summed E-state index contributed by atoms with van der Waals surface area (Å²) in [5, 5.41) is 18.3. The van der Waals surface area contributed by atoms with Crippen LogP contribution in [0.1, 0.15) is 59.3 Å². The zero-order valence-corrected chi connectivity index (χ0v) is 12.1. The number of esters is 1. The second-order valence-electron chi connectivity index (χ2n) is 4.85. The van der Waals surface area contributed by atoms with Crippen LogP contribution < -0.4 is 0 Å². The van der Waals surface area contributed by atoms with Gasteiger partial charge in [0.1, 0.15) is 0 Å². The van der Waals surface area contributed by atoms with Crippen LogP contribution in [-0.4, -0.2) is 34.9 Å². The average molecular weight is 298 g/mol. The van der Waals surface area contributed by atoms with Gasteiger partial charge in [-0.15, -0.1) is 0 Å². The molecule has 0 aliphatic rings. The van der Waals surface area contributed by atoms with Gasteiger partial charge in [-0.2, -0.15) is 0 Å². The molecule has 1 aromatic rings. The number of benzene rings is 1. The van der Waals surface area contributed by atoms with Crippen molar-refractivity contribution in [2.45, 2.75) is 39.2 Å². The molecule has 0 saturated carbocycles. The van der Waals surface area contributed by atoms with Gasteiger partial charge in [-0.05, 0) is 49.9 Å². The summed E-state index contributed by atoms with van der Waals surface area (Å²) in [5.74, 6) is -2.63. The Morgan fingerprint density at radius 1 is 1.24 bits per heavy atom. The first-order valence-corrected chi connectivity index (χ1v) is 6.80. The summed E-state index contributed by atoms with van der Waals surface area (Å²) in [6, 6.07) is -3.05. The molecule has 5 heteroatoms. The number of aliphatic hydroxyl groups is 1. The van der Waals surface area contributed by atoms with E-state index < -0.39 is 53.3 Å². The Hall–Kier alpha value is -1.88. The number of carbonyl (C=O) groups is 2. The Morgan fingerprint density at radius 2 is 1.81 bits per heavy atom. The zero-order chi connectivity index (χ0) is 19.3. The molecular weight excluding hydrogens is 272 g/mol. The third-order valence-electron chi connectivity index (χ3n) is 3.06. The average Bonchev–Trinajstić information content (AvgIpc) is 2.53. The van der Waals surface area contributed by atoms with Crippen LogP contribution in [0, 0.1) is 5.92 Å². The normalized spacial score (nSPS) is 16.1. The molecular formula is C16H22O5. The number of aromatic carboxylic acids is 1. The summed E-state index contributed by atoms with van der Waals surface area (Å²) >= 11 is 0. The van der Waals surface area contributed by atoms with Crippen LogP contribution in [-0.2, 0) is 4.74 Å². The molecule has 0 bridgehead atoms. The topological polar surface area (TPSA) is 83.8 Å². The van der Waals surface area contributed by atoms with Crippen molar-refractivity contribution in [1.82, 2.24) is 0 Å². The van der Waals surface area contributed by atoms with E-state index in [1.54, 1.807) is 6.92 Å². The molecule has 0 fully saturated rings. The molecule has 21 heavy (non-hydrogen) atoms. The molecule has 2 atom stereocenters. The zero-order valence-electron chi connectivity index (χ0n) is 16.1. The van der Waals surface area contributed by atoms with Crippen molar-refractivity contribution in [2.75, 3.05) is 6.61 Å². The van der Waals surface area contributed by atoms with Gasteiger partial charge in [0.05, 0.1) is 29.3 Å². The highest BCUT2D eigenvalue weighted by molar-refractivity contribution is 5.92. The largest absolute Gasteiger partial charge is 0.478 e. The van der Waals surface area contributed by atoms with Crippen molar-refractivity contribution in [2.24, 2.45) is 5.92 Å². The molecule has 0 saturated heterocycles. The molecule has 1 aromatic carbocycles. The van der Waals surface area contributed by atoms with Gasteiger partial charge in [0.2, 0.25) is 0 Å². The van der Waals surface area contributed by atoms with Crippen LogP contribution in [0.4, 0.5) is 0 Å². The molecule has 0 aromatic heterocycles. The van der Waals surface area contributed by atoms with Crippen LogP contribution in [0.2, 0.25) is 0 Å². The standard InChI is InChI=1S/C16H22O5/c1-3-12(5-4-11(2)17)10-21-16(20)14-8-6-13(7-9-14)15(18)19/h6-9,11-12,17H,3-5,10H2,1-2H3,(H,18,19)/i6D,7D,8D,9D. The fourth-order valence-corrected chi connectivity index (χ4v) is 1.67. The fraction of sp³-hybridized carbons (Fsp3) is 0.500. The molecule has 0 amide bonds. The molecule has 116 valence electrons. The molecule has 5 nitrogen and oxygen atoms in total. The maximum atomic E-state index is 12.2. The lowest BCUT2D eigenvalue weighted by Crippen LogP contribution is -2.15. The first-order valence-electron chi connectivity index (χ1n) is 8.80. The van der Waals surface area contributed by atoms with Crippen LogP contribution in [0.3, 0.4) is 0 Å². The maximum Gasteiger partial charge on any atom is 0.338 e. The van der Waals surface area contributed by atoms with Crippen molar-refractivity contribution < 1.29 is 30.0 Å². The third kappa shape index (κ3) is 5.95. The predicted octanol–water partition coefficient (Wildman–Crippen LogP) is 2.73. The van der Waals surface area contributed by atoms with Gasteiger partial charge in [0, 0.05) is 0 Å². The lowest BCUT2D eigenvalue weighted by molar-refractivity contribution is 0.0417. The van der Waals surface area contributed by atoms with Crippen LogP contribution >= 0.6 is 0 Å². The van der Waals surface area contributed by atoms with E-state index in [1.807, 2.05) is 6.92 Å². The first kappa shape index (κ1) is 11.7. The summed E-state index contributed by atoms with van der Waals surface area (Å²) < 4.78 is 36.0. The molecule has 0 spiro atoms. The van der Waals surface area contributed by atoms with Gasteiger partial charge >= 0.3 is 11.9 Å². The Morgan fingerprint density at radius 3 is 2.29 bits per heavy atom. The van der Waals surface area contributed by atoms with Crippen LogP contribution in [0.15, 0.2) is 24.2 Å². The lowest BCUT2D eigenvalue weighted by atomic mass is 9.99. The minimum atomic E-state index is -1.60. The Kier molecular flexibility index (Phi) is 4.71. The minimum absolute atomic E-state index is 0.00819. The van der Waals surface area contributed by atoms with Gasteiger partial charge in [0.25, 0.3) is 0 Å². The third-order valence-corrected chi connectivity index (χ3v) is 3.06. The SMILES string of the molecule is [2H]c1c([2H])c(C(=O)OCC(CC)CCC(C)O)c([2H])c([2H])c1C(=O)O. The summed E-state index contributed by atoms with van der Waals surface area (Å²) in [4.78, 5) is 23.3. The number of aliphatic hydroxyl groups excluding tert-OH is 1. The number of rotatable bonds is 8. The second-order valence-corrected chi connectivity index (χ2v) is 4.85. The van der Waals surface area contributed by atoms with Crippen molar-refractivity contribution in [3.63, 3.8) is 0 Å². The number of carbonyl (C=O) groups excluding carboxylic acids is 1. The Balaban J connectivity index is 3.01. The lowest BCUT2D eigenvalue weighted by Gasteiger charge is -2.16. The second kappa shape index (κ2) is 8.42. The van der Waals surface area contributed by atoms with E-state index >= 15 is 0 Å². The molecule has 0 aliphatic heterocycles. The number of carboxylic acids is 1. The van der Waals surface area contributed by atoms with Gasteiger partial charge in [-0.1, -0.05) is 13.3 Å². The van der Waals surface area contributed by atoms with Crippen molar-refractivity contribution in [3.05, 3.63) is 35.3 Å². The van der Waals surface area contributed by atoms with E-state index in [2.05, 4.69) is 0 Å². The van der Waals surface area contributed by atoms with Gasteiger partial charge in [0.15, 0.2) is 0 Å². The predicted molar refractivity (Wildman–Crippen MR) is 78.4 cm³/mol. The van der Waals surface area contributed by atoms with E-state index in [1.165, 1.54) is 0 Å². The van der Waals surface area contributed by atoms with Gasteiger partial charge < -0.3 is 14.9 Å². The summed E-state index contributed by atoms with van der Waals surface area (Å²) in [6.07, 6.45) is 1.41. The molecule has 2 N–H and O–H groups in total. The number of carboxylic acid groups (broad SMARTS) is 1. The smallest absolute Gasteiger partial charge is 0.338 e. The fourth-order valence-electron chi connectivity index (χ4n) is 1.67. The van der Waals surface area contributed by atoms with E-state index in [-0.39, 0.29) is 12.5 Å². The first-order chi connectivity index (χ1) is 11.6. The Labute approximate surface area is 130 Å². The monoisotopic (exact) mass is 298 g/mol. The molecule has 0 aliphatic carbocycles. The quantitative estimate of drug-likeness (QED) is 0.721. The highest BCUT2D eigenvalue weighted by atomic mass is 16.5.